The number of hydrogen-bond acceptors (Lipinski definition) is 5. The molecule has 5 nitrogen and oxygen atoms in total. The Balaban J connectivity index is 0.00000225. The first-order valence-corrected chi connectivity index (χ1v) is 8.19. The predicted octanol–water partition coefficient (Wildman–Crippen LogP) is 3.16. The topological polar surface area (TPSA) is 68.2 Å². The molecule has 6 heteroatoms. The number of rotatable bonds is 8. The van der Waals surface area contributed by atoms with E-state index in [2.05, 4.69) is 39.3 Å². The first-order valence-electron chi connectivity index (χ1n) is 8.19. The quantitative estimate of drug-likeness (QED) is 0.669. The summed E-state index contributed by atoms with van der Waals surface area (Å²) < 4.78 is 5.40. The van der Waals surface area contributed by atoms with Gasteiger partial charge in [-0.05, 0) is 12.0 Å². The van der Waals surface area contributed by atoms with Crippen molar-refractivity contribution in [3.63, 3.8) is 0 Å². The molecule has 0 unspecified atom stereocenters. The summed E-state index contributed by atoms with van der Waals surface area (Å²) in [5.41, 5.74) is 8.02. The van der Waals surface area contributed by atoms with Gasteiger partial charge < -0.3 is 10.3 Å². The zero-order valence-corrected chi connectivity index (χ0v) is 14.9. The third kappa shape index (κ3) is 5.67. The molecular weight excluding hydrogens is 336 g/mol. The molecular formula is C19H23ClN4O. The number of nitrogens with two attached hydrogens (primary N) is 1. The molecule has 0 aliphatic rings. The second-order valence-corrected chi connectivity index (χ2v) is 5.68. The van der Waals surface area contributed by atoms with Gasteiger partial charge in [0.1, 0.15) is 0 Å². The second-order valence-electron chi connectivity index (χ2n) is 5.68. The standard InChI is InChI=1S/C19H22N4O.ClH/c20-12-14-23(13-11-16-7-3-1-4-8-16)15-18-21-19(22-24-18)17-9-5-2-6-10-17;/h1-10H,11-15,20H2;1H. The van der Waals surface area contributed by atoms with Gasteiger partial charge in [-0.25, -0.2) is 0 Å². The smallest absolute Gasteiger partial charge is 0.241 e. The highest BCUT2D eigenvalue weighted by Crippen LogP contribution is 2.15. The van der Waals surface area contributed by atoms with Crippen LogP contribution in [0.3, 0.4) is 0 Å². The third-order valence-corrected chi connectivity index (χ3v) is 3.86. The molecule has 25 heavy (non-hydrogen) atoms. The minimum absolute atomic E-state index is 0. The van der Waals surface area contributed by atoms with Crippen molar-refractivity contribution in [3.05, 3.63) is 72.1 Å². The van der Waals surface area contributed by atoms with Gasteiger partial charge in [-0.1, -0.05) is 65.8 Å². The lowest BCUT2D eigenvalue weighted by Gasteiger charge is -2.19. The van der Waals surface area contributed by atoms with E-state index in [-0.39, 0.29) is 12.4 Å². The van der Waals surface area contributed by atoms with Crippen LogP contribution >= 0.6 is 12.4 Å². The molecule has 132 valence electrons. The molecule has 2 N–H and O–H groups in total. The van der Waals surface area contributed by atoms with Crippen molar-refractivity contribution in [2.75, 3.05) is 19.6 Å². The molecule has 0 atom stereocenters. The minimum Gasteiger partial charge on any atom is -0.338 e. The zero-order chi connectivity index (χ0) is 16.6. The lowest BCUT2D eigenvalue weighted by atomic mass is 10.1. The minimum atomic E-state index is 0. The molecule has 0 saturated carbocycles. The van der Waals surface area contributed by atoms with Gasteiger partial charge in [0.05, 0.1) is 6.54 Å². The van der Waals surface area contributed by atoms with Gasteiger partial charge in [-0.3, -0.25) is 4.90 Å². The van der Waals surface area contributed by atoms with E-state index < -0.39 is 0 Å². The van der Waals surface area contributed by atoms with Crippen LogP contribution in [0.2, 0.25) is 0 Å². The monoisotopic (exact) mass is 358 g/mol. The molecule has 3 rings (SSSR count). The van der Waals surface area contributed by atoms with Gasteiger partial charge in [0.2, 0.25) is 11.7 Å². The van der Waals surface area contributed by atoms with E-state index in [0.29, 0.717) is 24.8 Å². The Hall–Kier alpha value is -2.21. The van der Waals surface area contributed by atoms with Crippen LogP contribution in [0.15, 0.2) is 65.2 Å². The van der Waals surface area contributed by atoms with Crippen LogP contribution in [0.25, 0.3) is 11.4 Å². The lowest BCUT2D eigenvalue weighted by molar-refractivity contribution is 0.234. The molecule has 1 heterocycles. The molecule has 0 fully saturated rings. The fourth-order valence-corrected chi connectivity index (χ4v) is 2.60. The molecule has 2 aromatic carbocycles. The summed E-state index contributed by atoms with van der Waals surface area (Å²) in [7, 11) is 0. The Kier molecular flexibility index (Phi) is 7.60. The van der Waals surface area contributed by atoms with Gasteiger partial charge in [0.15, 0.2) is 0 Å². The van der Waals surface area contributed by atoms with Crippen LogP contribution in [0.4, 0.5) is 0 Å². The third-order valence-electron chi connectivity index (χ3n) is 3.86. The van der Waals surface area contributed by atoms with Crippen molar-refractivity contribution in [3.8, 4) is 11.4 Å². The zero-order valence-electron chi connectivity index (χ0n) is 14.0. The first kappa shape index (κ1) is 19.1. The lowest BCUT2D eigenvalue weighted by Crippen LogP contribution is -2.31. The SMILES string of the molecule is Cl.NCCN(CCc1ccccc1)Cc1nc(-c2ccccc2)no1. The summed E-state index contributed by atoms with van der Waals surface area (Å²) >= 11 is 0. The Bertz CT molecular complexity index is 733. The maximum atomic E-state index is 5.74. The summed E-state index contributed by atoms with van der Waals surface area (Å²) in [5, 5.41) is 4.07. The van der Waals surface area contributed by atoms with Crippen molar-refractivity contribution in [2.24, 2.45) is 5.73 Å². The summed E-state index contributed by atoms with van der Waals surface area (Å²) in [6.07, 6.45) is 0.973. The van der Waals surface area contributed by atoms with Gasteiger partial charge in [-0.2, -0.15) is 4.98 Å². The fraction of sp³-hybridized carbons (Fsp3) is 0.263. The van der Waals surface area contributed by atoms with Crippen molar-refractivity contribution < 1.29 is 4.52 Å². The molecule has 0 aliphatic heterocycles. The van der Waals surface area contributed by atoms with Crippen molar-refractivity contribution in [1.29, 1.82) is 0 Å². The van der Waals surface area contributed by atoms with Gasteiger partial charge in [0.25, 0.3) is 0 Å². The van der Waals surface area contributed by atoms with E-state index in [4.69, 9.17) is 10.3 Å². The highest BCUT2D eigenvalue weighted by molar-refractivity contribution is 5.85. The molecule has 1 aromatic heterocycles. The average molecular weight is 359 g/mol. The van der Waals surface area contributed by atoms with Crippen LogP contribution in [0.1, 0.15) is 11.5 Å². The highest BCUT2D eigenvalue weighted by Gasteiger charge is 2.12. The van der Waals surface area contributed by atoms with Crippen molar-refractivity contribution in [2.45, 2.75) is 13.0 Å². The molecule has 0 radical (unpaired) electrons. The largest absolute Gasteiger partial charge is 0.338 e. The summed E-state index contributed by atoms with van der Waals surface area (Å²) in [6, 6.07) is 20.3. The number of benzene rings is 2. The van der Waals surface area contributed by atoms with Crippen LogP contribution in [0, 0.1) is 0 Å². The summed E-state index contributed by atoms with van der Waals surface area (Å²) in [6.45, 7) is 2.93. The fourth-order valence-electron chi connectivity index (χ4n) is 2.60. The molecule has 0 aliphatic carbocycles. The van der Waals surface area contributed by atoms with Crippen molar-refractivity contribution >= 4 is 12.4 Å². The summed E-state index contributed by atoms with van der Waals surface area (Å²) in [5.74, 6) is 1.25. The molecule has 0 saturated heterocycles. The number of hydrogen-bond donors (Lipinski definition) is 1. The van der Waals surface area contributed by atoms with Gasteiger partial charge in [0, 0.05) is 25.2 Å². The second kappa shape index (κ2) is 9.93. The van der Waals surface area contributed by atoms with E-state index >= 15 is 0 Å². The van der Waals surface area contributed by atoms with E-state index in [9.17, 15) is 0 Å². The van der Waals surface area contributed by atoms with Crippen LogP contribution in [-0.2, 0) is 13.0 Å². The maximum absolute atomic E-state index is 5.74. The van der Waals surface area contributed by atoms with Crippen LogP contribution < -0.4 is 5.73 Å². The Morgan fingerprint density at radius 2 is 1.60 bits per heavy atom. The Morgan fingerprint density at radius 1 is 0.920 bits per heavy atom. The van der Waals surface area contributed by atoms with E-state index in [1.807, 2.05) is 36.4 Å². The summed E-state index contributed by atoms with van der Waals surface area (Å²) in [4.78, 5) is 6.74. The predicted molar refractivity (Wildman–Crippen MR) is 101 cm³/mol. The van der Waals surface area contributed by atoms with E-state index in [1.165, 1.54) is 5.56 Å². The molecule has 0 spiro atoms. The molecule has 0 bridgehead atoms. The highest BCUT2D eigenvalue weighted by atomic mass is 35.5. The van der Waals surface area contributed by atoms with Crippen LogP contribution in [0.5, 0.6) is 0 Å². The number of aromatic nitrogens is 2. The maximum Gasteiger partial charge on any atom is 0.241 e. The molecule has 0 amide bonds. The normalized spacial score (nSPS) is 10.6. The van der Waals surface area contributed by atoms with Gasteiger partial charge >= 0.3 is 0 Å². The Morgan fingerprint density at radius 3 is 2.28 bits per heavy atom. The average Bonchev–Trinajstić information content (AvgIpc) is 3.10. The Labute approximate surface area is 154 Å². The number of nitrogens with zero attached hydrogens (tertiary/aromatic N) is 3. The van der Waals surface area contributed by atoms with Gasteiger partial charge in [-0.15, -0.1) is 12.4 Å². The molecule has 3 aromatic rings. The number of halogens is 1. The van der Waals surface area contributed by atoms with Crippen LogP contribution in [-0.4, -0.2) is 34.7 Å². The van der Waals surface area contributed by atoms with E-state index in [1.54, 1.807) is 0 Å². The van der Waals surface area contributed by atoms with E-state index in [0.717, 1.165) is 25.1 Å². The first-order chi connectivity index (χ1) is 11.8. The van der Waals surface area contributed by atoms with Crippen molar-refractivity contribution in [1.82, 2.24) is 15.0 Å².